The lowest BCUT2D eigenvalue weighted by molar-refractivity contribution is 0.102. The first kappa shape index (κ1) is 35.7. The molecule has 0 radical (unpaired) electrons. The molecular weight excluding hydrogens is 683 g/mol. The minimum atomic E-state index is -0.655. The molecule has 240 valence electrons. The van der Waals surface area contributed by atoms with Gasteiger partial charge >= 0.3 is 0 Å². The number of rotatable bonds is 5. The van der Waals surface area contributed by atoms with Crippen molar-refractivity contribution >= 4 is 57.3 Å². The van der Waals surface area contributed by atoms with Gasteiger partial charge in [0.15, 0.2) is 0 Å². The van der Waals surface area contributed by atoms with Gasteiger partial charge in [-0.15, -0.1) is 0 Å². The Balaban J connectivity index is 0.000000182. The molecule has 6 rings (SSSR count). The summed E-state index contributed by atoms with van der Waals surface area (Å²) in [6.45, 7) is 0. The SMILES string of the molecule is N#Cc1ccc(Cl)c(C(=O)Cl)c1.N#Cc1ccc(Cl)c(C(=O)Nc2ccc(-c3ccncc3)nc2)c1.Nc1ccc(-c2ccncc2)nc1. The number of benzene rings is 2. The van der Waals surface area contributed by atoms with Crippen molar-refractivity contribution in [2.24, 2.45) is 0 Å². The second-order valence-corrected chi connectivity index (χ2v) is 10.9. The van der Waals surface area contributed by atoms with Crippen LogP contribution in [0.5, 0.6) is 0 Å². The maximum absolute atomic E-state index is 12.3. The Hall–Kier alpha value is -6.17. The fourth-order valence-corrected chi connectivity index (χ4v) is 4.58. The van der Waals surface area contributed by atoms with Gasteiger partial charge in [0.25, 0.3) is 11.1 Å². The van der Waals surface area contributed by atoms with Gasteiger partial charge in [0, 0.05) is 35.9 Å². The van der Waals surface area contributed by atoms with Crippen molar-refractivity contribution in [3.8, 4) is 34.7 Å². The number of hydrogen-bond acceptors (Lipinski definition) is 9. The van der Waals surface area contributed by atoms with E-state index in [0.29, 0.717) is 22.5 Å². The Morgan fingerprint density at radius 2 is 1.14 bits per heavy atom. The molecule has 3 N–H and O–H groups in total. The van der Waals surface area contributed by atoms with E-state index in [1.807, 2.05) is 48.5 Å². The van der Waals surface area contributed by atoms with Crippen LogP contribution < -0.4 is 11.1 Å². The molecule has 13 heteroatoms. The van der Waals surface area contributed by atoms with Crippen LogP contribution >= 0.6 is 34.8 Å². The Kier molecular flexibility index (Phi) is 12.9. The molecule has 4 heterocycles. The molecule has 0 atom stereocenters. The van der Waals surface area contributed by atoms with Crippen LogP contribution in [0.4, 0.5) is 11.4 Å². The molecule has 0 aliphatic heterocycles. The summed E-state index contributed by atoms with van der Waals surface area (Å²) < 4.78 is 0. The molecule has 0 aliphatic carbocycles. The quantitative estimate of drug-likeness (QED) is 0.168. The molecule has 1 amide bonds. The highest BCUT2D eigenvalue weighted by atomic mass is 35.5. The third kappa shape index (κ3) is 10.4. The van der Waals surface area contributed by atoms with Crippen molar-refractivity contribution in [3.63, 3.8) is 0 Å². The summed E-state index contributed by atoms with van der Waals surface area (Å²) in [5.41, 5.74) is 11.6. The van der Waals surface area contributed by atoms with Gasteiger partial charge in [-0.1, -0.05) is 23.2 Å². The number of nitrogens with one attached hydrogen (secondary N) is 1. The lowest BCUT2D eigenvalue weighted by atomic mass is 10.1. The molecule has 0 unspecified atom stereocenters. The predicted molar refractivity (Wildman–Crippen MR) is 190 cm³/mol. The van der Waals surface area contributed by atoms with Gasteiger partial charge in [-0.3, -0.25) is 29.5 Å². The van der Waals surface area contributed by atoms with Gasteiger partial charge in [0.05, 0.1) is 79.6 Å². The fraction of sp³-hybridized carbons (Fsp3) is 0. The van der Waals surface area contributed by atoms with E-state index >= 15 is 0 Å². The highest BCUT2D eigenvalue weighted by molar-refractivity contribution is 6.68. The number of carbonyl (C=O) groups is 2. The molecular formula is C36H23Cl3N8O2. The van der Waals surface area contributed by atoms with Crippen molar-refractivity contribution in [1.29, 1.82) is 10.5 Å². The second-order valence-electron chi connectivity index (χ2n) is 9.72. The number of nitrogens with zero attached hydrogens (tertiary/aromatic N) is 6. The highest BCUT2D eigenvalue weighted by Crippen LogP contribution is 2.22. The number of aromatic nitrogens is 4. The van der Waals surface area contributed by atoms with Crippen molar-refractivity contribution in [1.82, 2.24) is 19.9 Å². The van der Waals surface area contributed by atoms with E-state index in [2.05, 4.69) is 25.3 Å². The molecule has 4 aromatic heterocycles. The Morgan fingerprint density at radius 1 is 0.653 bits per heavy atom. The maximum atomic E-state index is 12.3. The fourth-order valence-electron chi connectivity index (χ4n) is 3.97. The van der Waals surface area contributed by atoms with Crippen molar-refractivity contribution in [3.05, 3.63) is 154 Å². The zero-order chi connectivity index (χ0) is 35.2. The molecule has 2 aromatic carbocycles. The number of nitrogen functional groups attached to an aromatic ring is 1. The van der Waals surface area contributed by atoms with Gasteiger partial charge in [-0.2, -0.15) is 10.5 Å². The Labute approximate surface area is 296 Å². The van der Waals surface area contributed by atoms with E-state index in [4.69, 9.17) is 51.1 Å². The molecule has 49 heavy (non-hydrogen) atoms. The van der Waals surface area contributed by atoms with Crippen LogP contribution in [-0.2, 0) is 0 Å². The third-order valence-corrected chi connectivity index (χ3v) is 7.27. The molecule has 10 nitrogen and oxygen atoms in total. The number of anilines is 2. The zero-order valence-corrected chi connectivity index (χ0v) is 27.5. The Bertz CT molecular complexity index is 2140. The molecule has 0 aliphatic rings. The number of amides is 1. The first-order valence-electron chi connectivity index (χ1n) is 14.1. The normalized spacial score (nSPS) is 9.73. The molecule has 0 fully saturated rings. The monoisotopic (exact) mass is 704 g/mol. The van der Waals surface area contributed by atoms with E-state index in [1.165, 1.54) is 30.3 Å². The third-order valence-electron chi connectivity index (χ3n) is 6.41. The summed E-state index contributed by atoms with van der Waals surface area (Å²) in [5, 5.41) is 20.0. The number of hydrogen-bond donors (Lipinski definition) is 2. The number of nitrogens with two attached hydrogens (primary N) is 1. The van der Waals surface area contributed by atoms with E-state index in [1.54, 1.807) is 55.4 Å². The number of nitriles is 2. The molecule has 0 spiro atoms. The molecule has 0 saturated carbocycles. The topological polar surface area (TPSA) is 171 Å². The zero-order valence-electron chi connectivity index (χ0n) is 25.3. The van der Waals surface area contributed by atoms with Crippen molar-refractivity contribution < 1.29 is 9.59 Å². The maximum Gasteiger partial charge on any atom is 0.257 e. The summed E-state index contributed by atoms with van der Waals surface area (Å²) in [6.07, 6.45) is 10.1. The first-order chi connectivity index (χ1) is 23.7. The smallest absolute Gasteiger partial charge is 0.257 e. The van der Waals surface area contributed by atoms with Gasteiger partial charge in [-0.05, 0) is 96.5 Å². The lowest BCUT2D eigenvalue weighted by Crippen LogP contribution is -2.13. The molecule has 0 saturated heterocycles. The van der Waals surface area contributed by atoms with Crippen LogP contribution in [0.3, 0.4) is 0 Å². The van der Waals surface area contributed by atoms with Gasteiger partial charge in [0.1, 0.15) is 0 Å². The largest absolute Gasteiger partial charge is 0.397 e. The van der Waals surface area contributed by atoms with Crippen molar-refractivity contribution in [2.45, 2.75) is 0 Å². The average molecular weight is 706 g/mol. The minimum Gasteiger partial charge on any atom is -0.397 e. The van der Waals surface area contributed by atoms with E-state index in [9.17, 15) is 9.59 Å². The van der Waals surface area contributed by atoms with Gasteiger partial charge in [-0.25, -0.2) is 0 Å². The summed E-state index contributed by atoms with van der Waals surface area (Å²) in [7, 11) is 0. The van der Waals surface area contributed by atoms with Crippen LogP contribution in [0, 0.1) is 22.7 Å². The summed E-state index contributed by atoms with van der Waals surface area (Å²) in [6, 6.07) is 27.6. The first-order valence-corrected chi connectivity index (χ1v) is 15.2. The lowest BCUT2D eigenvalue weighted by Gasteiger charge is -2.08. The standard InChI is InChI=1S/C18H11ClN4O.C10H9N3.C8H3Cl2NO/c19-16-3-1-12(10-20)9-15(16)18(24)23-14-2-4-17(22-11-14)13-5-7-21-8-6-13;11-9-1-2-10(13-7-9)8-3-5-12-6-4-8;9-7-2-1-5(4-11)3-6(7)8(10)12/h1-9,11H,(H,23,24);1-7H,11H2;1-3H. The summed E-state index contributed by atoms with van der Waals surface area (Å²) in [5.74, 6) is -0.393. The van der Waals surface area contributed by atoms with Crippen LogP contribution in [0.1, 0.15) is 31.8 Å². The van der Waals surface area contributed by atoms with Crippen LogP contribution in [-0.4, -0.2) is 31.1 Å². The van der Waals surface area contributed by atoms with E-state index in [-0.39, 0.29) is 21.2 Å². The van der Waals surface area contributed by atoms with Gasteiger partial charge in [0.2, 0.25) is 0 Å². The second kappa shape index (κ2) is 17.7. The summed E-state index contributed by atoms with van der Waals surface area (Å²) in [4.78, 5) is 39.4. The van der Waals surface area contributed by atoms with E-state index < -0.39 is 11.1 Å². The number of carbonyl (C=O) groups excluding carboxylic acids is 2. The summed E-state index contributed by atoms with van der Waals surface area (Å²) >= 11 is 16.9. The highest BCUT2D eigenvalue weighted by Gasteiger charge is 2.12. The predicted octanol–water partition coefficient (Wildman–Crippen LogP) is 8.24. The van der Waals surface area contributed by atoms with Crippen LogP contribution in [0.15, 0.2) is 122 Å². The van der Waals surface area contributed by atoms with Gasteiger partial charge < -0.3 is 11.1 Å². The van der Waals surface area contributed by atoms with E-state index in [0.717, 1.165) is 22.5 Å². The molecule has 6 aromatic rings. The van der Waals surface area contributed by atoms with Crippen LogP contribution in [0.2, 0.25) is 10.0 Å². The molecule has 0 bridgehead atoms. The van der Waals surface area contributed by atoms with Crippen LogP contribution in [0.25, 0.3) is 22.5 Å². The minimum absolute atomic E-state index is 0.164. The van der Waals surface area contributed by atoms with Crippen molar-refractivity contribution in [2.75, 3.05) is 11.1 Å². The number of pyridine rings is 4. The average Bonchev–Trinajstić information content (AvgIpc) is 3.14. The number of halogens is 3. The Morgan fingerprint density at radius 3 is 1.59 bits per heavy atom.